The van der Waals surface area contributed by atoms with Gasteiger partial charge in [0.05, 0.1) is 22.9 Å². The first-order valence-corrected chi connectivity index (χ1v) is 10.9. The van der Waals surface area contributed by atoms with Crippen molar-refractivity contribution in [2.75, 3.05) is 0 Å². The lowest BCUT2D eigenvalue weighted by Gasteiger charge is -2.16. The maximum atomic E-state index is 13.0. The molecule has 0 bridgehead atoms. The fraction of sp³-hybridized carbons (Fsp3) is 0.333. The Balaban J connectivity index is 1.57. The minimum atomic E-state index is -0.368. The second-order valence-corrected chi connectivity index (χ2v) is 9.31. The number of rotatable bonds is 5. The van der Waals surface area contributed by atoms with E-state index >= 15 is 0 Å². The van der Waals surface area contributed by atoms with E-state index in [1.54, 1.807) is 18.2 Å². The summed E-state index contributed by atoms with van der Waals surface area (Å²) in [6, 6.07) is 12.8. The molecule has 1 heterocycles. The van der Waals surface area contributed by atoms with E-state index in [0.29, 0.717) is 17.5 Å². The van der Waals surface area contributed by atoms with Crippen molar-refractivity contribution in [2.45, 2.75) is 52.9 Å². The Morgan fingerprint density at radius 2 is 1.68 bits per heavy atom. The molecule has 4 nitrogen and oxygen atoms in total. The van der Waals surface area contributed by atoms with E-state index in [4.69, 9.17) is 4.98 Å². The van der Waals surface area contributed by atoms with Gasteiger partial charge in [0.15, 0.2) is 5.78 Å². The van der Waals surface area contributed by atoms with Gasteiger partial charge in [-0.1, -0.05) is 51.1 Å². The lowest BCUT2D eigenvalue weighted by molar-refractivity contribution is -0.125. The number of ketones is 2. The highest BCUT2D eigenvalue weighted by atomic mass is 16.1. The van der Waals surface area contributed by atoms with Crippen molar-refractivity contribution >= 4 is 28.2 Å². The summed E-state index contributed by atoms with van der Waals surface area (Å²) in [5.74, 6) is 0.128. The van der Waals surface area contributed by atoms with Gasteiger partial charge in [0.25, 0.3) is 0 Å². The fourth-order valence-corrected chi connectivity index (χ4v) is 3.77. The zero-order chi connectivity index (χ0) is 22.0. The number of nitrogens with zero attached hydrogens (tertiary/aromatic N) is 2. The Kier molecular flexibility index (Phi) is 5.81. The molecule has 0 unspecified atom stereocenters. The van der Waals surface area contributed by atoms with Gasteiger partial charge in [-0.2, -0.15) is 0 Å². The van der Waals surface area contributed by atoms with Crippen molar-refractivity contribution < 1.29 is 9.59 Å². The van der Waals surface area contributed by atoms with Crippen molar-refractivity contribution in [1.82, 2.24) is 9.97 Å². The topological polar surface area (TPSA) is 59.9 Å². The highest BCUT2D eigenvalue weighted by molar-refractivity contribution is 6.10. The van der Waals surface area contributed by atoms with Crippen LogP contribution in [0.25, 0.3) is 16.6 Å². The van der Waals surface area contributed by atoms with Crippen LogP contribution in [-0.4, -0.2) is 21.5 Å². The molecule has 0 amide bonds. The Morgan fingerprint density at radius 3 is 2.35 bits per heavy atom. The molecule has 1 aliphatic rings. The van der Waals surface area contributed by atoms with Gasteiger partial charge in [0, 0.05) is 23.0 Å². The Bertz CT molecular complexity index is 1170. The highest BCUT2D eigenvalue weighted by Gasteiger charge is 2.21. The van der Waals surface area contributed by atoms with E-state index in [1.807, 2.05) is 51.2 Å². The van der Waals surface area contributed by atoms with E-state index in [9.17, 15) is 9.59 Å². The third-order valence-electron chi connectivity index (χ3n) is 5.84. The number of fused-ring (bicyclic) bond motifs is 1. The van der Waals surface area contributed by atoms with Gasteiger partial charge in [-0.15, -0.1) is 0 Å². The second-order valence-electron chi connectivity index (χ2n) is 9.31. The molecule has 1 aliphatic carbocycles. The second kappa shape index (κ2) is 8.54. The largest absolute Gasteiger partial charge is 0.299 e. The molecular formula is C27H28N2O2. The van der Waals surface area contributed by atoms with Crippen LogP contribution in [0.1, 0.15) is 73.6 Å². The van der Waals surface area contributed by atoms with Gasteiger partial charge in [-0.05, 0) is 55.0 Å². The first-order chi connectivity index (χ1) is 14.8. The first-order valence-electron chi connectivity index (χ1n) is 10.9. The number of aromatic nitrogens is 2. The van der Waals surface area contributed by atoms with Crippen LogP contribution >= 0.6 is 0 Å². The molecule has 1 aromatic heterocycles. The SMILES string of the molecule is CC(C)(C)C(=O)Cc1ccc(C(=O)c2ccc3ncc(C4=CCCCC4)nc3c2)cc1. The molecule has 3 aromatic rings. The van der Waals surface area contributed by atoms with Crippen LogP contribution in [0.2, 0.25) is 0 Å². The first kappa shape index (κ1) is 21.1. The number of carbonyl (C=O) groups excluding carboxylic acids is 2. The van der Waals surface area contributed by atoms with Crippen LogP contribution in [0.4, 0.5) is 0 Å². The molecule has 0 saturated heterocycles. The van der Waals surface area contributed by atoms with Gasteiger partial charge in [-0.25, -0.2) is 4.98 Å². The quantitative estimate of drug-likeness (QED) is 0.484. The molecule has 0 fully saturated rings. The molecule has 31 heavy (non-hydrogen) atoms. The van der Waals surface area contributed by atoms with Gasteiger partial charge in [0.1, 0.15) is 5.78 Å². The van der Waals surface area contributed by atoms with E-state index in [1.165, 1.54) is 18.4 Å². The molecule has 4 heteroatoms. The molecule has 2 aromatic carbocycles. The fourth-order valence-electron chi connectivity index (χ4n) is 3.77. The minimum absolute atomic E-state index is 0.0558. The molecule has 0 saturated carbocycles. The van der Waals surface area contributed by atoms with E-state index in [0.717, 1.165) is 35.1 Å². The van der Waals surface area contributed by atoms with Crippen LogP contribution in [0.3, 0.4) is 0 Å². The van der Waals surface area contributed by atoms with Crippen molar-refractivity contribution in [2.24, 2.45) is 5.41 Å². The van der Waals surface area contributed by atoms with Crippen molar-refractivity contribution in [3.05, 3.63) is 77.1 Å². The number of hydrogen-bond donors (Lipinski definition) is 0. The number of hydrogen-bond acceptors (Lipinski definition) is 4. The maximum Gasteiger partial charge on any atom is 0.193 e. The summed E-state index contributed by atoms with van der Waals surface area (Å²) in [4.78, 5) is 34.6. The number of allylic oxidation sites excluding steroid dienone is 2. The average Bonchev–Trinajstić information content (AvgIpc) is 2.78. The van der Waals surface area contributed by atoms with Crippen molar-refractivity contribution in [1.29, 1.82) is 0 Å². The molecule has 0 aliphatic heterocycles. The van der Waals surface area contributed by atoms with Gasteiger partial charge in [0.2, 0.25) is 0 Å². The summed E-state index contributed by atoms with van der Waals surface area (Å²) in [6.07, 6.45) is 8.99. The summed E-state index contributed by atoms with van der Waals surface area (Å²) in [7, 11) is 0. The average molecular weight is 413 g/mol. The Hall–Kier alpha value is -3.14. The number of benzene rings is 2. The zero-order valence-corrected chi connectivity index (χ0v) is 18.4. The number of carbonyl (C=O) groups is 2. The monoisotopic (exact) mass is 412 g/mol. The zero-order valence-electron chi connectivity index (χ0n) is 18.4. The molecule has 158 valence electrons. The Morgan fingerprint density at radius 1 is 0.935 bits per heavy atom. The van der Waals surface area contributed by atoms with E-state index in [2.05, 4.69) is 11.1 Å². The molecule has 4 rings (SSSR count). The van der Waals surface area contributed by atoms with Crippen LogP contribution in [0.15, 0.2) is 54.7 Å². The summed E-state index contributed by atoms with van der Waals surface area (Å²) >= 11 is 0. The van der Waals surface area contributed by atoms with Crippen LogP contribution < -0.4 is 0 Å². The van der Waals surface area contributed by atoms with E-state index < -0.39 is 0 Å². The predicted molar refractivity (Wildman–Crippen MR) is 124 cm³/mol. The predicted octanol–water partition coefficient (Wildman–Crippen LogP) is 5.98. The molecular weight excluding hydrogens is 384 g/mol. The van der Waals surface area contributed by atoms with Crippen molar-refractivity contribution in [3.8, 4) is 0 Å². The van der Waals surface area contributed by atoms with Crippen LogP contribution in [0, 0.1) is 5.41 Å². The standard InChI is InChI=1S/C27H28N2O2/c1-27(2,3)25(30)15-18-9-11-20(12-10-18)26(31)21-13-14-22-23(16-21)29-24(17-28-22)19-7-5-4-6-8-19/h7,9-14,16-17H,4-6,8,15H2,1-3H3. The van der Waals surface area contributed by atoms with Gasteiger partial charge >= 0.3 is 0 Å². The molecule has 0 radical (unpaired) electrons. The summed E-state index contributed by atoms with van der Waals surface area (Å²) in [5, 5.41) is 0. The summed E-state index contributed by atoms with van der Waals surface area (Å²) < 4.78 is 0. The Labute approximate surface area is 183 Å². The number of Topliss-reactive ketones (excluding diaryl/α,β-unsaturated/α-hetero) is 1. The third-order valence-corrected chi connectivity index (χ3v) is 5.84. The van der Waals surface area contributed by atoms with Crippen LogP contribution in [0.5, 0.6) is 0 Å². The van der Waals surface area contributed by atoms with Gasteiger partial charge in [-0.3, -0.25) is 14.6 Å². The van der Waals surface area contributed by atoms with Crippen LogP contribution in [-0.2, 0) is 11.2 Å². The lowest BCUT2D eigenvalue weighted by atomic mass is 9.87. The smallest absolute Gasteiger partial charge is 0.193 e. The maximum absolute atomic E-state index is 13.0. The van der Waals surface area contributed by atoms with Crippen molar-refractivity contribution in [3.63, 3.8) is 0 Å². The molecule has 0 spiro atoms. The molecule has 0 N–H and O–H groups in total. The third kappa shape index (κ3) is 4.79. The van der Waals surface area contributed by atoms with E-state index in [-0.39, 0.29) is 17.0 Å². The summed E-state index contributed by atoms with van der Waals surface area (Å²) in [6.45, 7) is 5.77. The normalized spacial score (nSPS) is 14.4. The minimum Gasteiger partial charge on any atom is -0.299 e. The van der Waals surface area contributed by atoms with Gasteiger partial charge < -0.3 is 0 Å². The highest BCUT2D eigenvalue weighted by Crippen LogP contribution is 2.26. The summed E-state index contributed by atoms with van der Waals surface area (Å²) in [5.41, 5.74) is 5.43. The lowest BCUT2D eigenvalue weighted by Crippen LogP contribution is -2.22. The molecule has 0 atom stereocenters.